The van der Waals surface area contributed by atoms with E-state index in [2.05, 4.69) is 25.6 Å². The summed E-state index contributed by atoms with van der Waals surface area (Å²) >= 11 is 0. The van der Waals surface area contributed by atoms with Gasteiger partial charge in [-0.2, -0.15) is 0 Å². The number of nitrogens with zero attached hydrogens (tertiary/aromatic N) is 2. The summed E-state index contributed by atoms with van der Waals surface area (Å²) in [7, 11) is 1.72. The maximum atomic E-state index is 5.17. The molecular weight excluding hydrogens is 254 g/mol. The third kappa shape index (κ3) is 2.76. The molecule has 3 N–H and O–H groups in total. The van der Waals surface area contributed by atoms with Crippen molar-refractivity contribution in [2.45, 2.75) is 25.3 Å². The monoisotopic (exact) mass is 275 g/mol. The van der Waals surface area contributed by atoms with Crippen molar-refractivity contribution in [1.29, 1.82) is 0 Å². The Kier molecular flexibility index (Phi) is 4.13. The minimum absolute atomic E-state index is 0.437. The van der Waals surface area contributed by atoms with E-state index in [1.165, 1.54) is 18.4 Å². The highest BCUT2D eigenvalue weighted by molar-refractivity contribution is 5.90. The number of hydrogen-bond acceptors (Lipinski definition) is 5. The second-order valence-corrected chi connectivity index (χ2v) is 5.19. The molecule has 0 spiro atoms. The van der Waals surface area contributed by atoms with Crippen LogP contribution in [0.4, 0.5) is 5.82 Å². The molecule has 0 aromatic carbocycles. The molecule has 1 aliphatic heterocycles. The summed E-state index contributed by atoms with van der Waals surface area (Å²) in [6.45, 7) is 2.80. The number of fused-ring (bicyclic) bond motifs is 1. The number of hydrogen-bond donors (Lipinski definition) is 3. The zero-order chi connectivity index (χ0) is 13.8. The third-order valence-corrected chi connectivity index (χ3v) is 3.76. The predicted octanol–water partition coefficient (Wildman–Crippen LogP) is 1.31. The van der Waals surface area contributed by atoms with Gasteiger partial charge >= 0.3 is 0 Å². The highest BCUT2D eigenvalue weighted by Crippen LogP contribution is 2.25. The largest absolute Gasteiger partial charge is 0.384 e. The Morgan fingerprint density at radius 2 is 2.40 bits per heavy atom. The van der Waals surface area contributed by atoms with Gasteiger partial charge in [-0.25, -0.2) is 9.97 Å². The summed E-state index contributed by atoms with van der Waals surface area (Å²) in [5.41, 5.74) is 2.09. The summed E-state index contributed by atoms with van der Waals surface area (Å²) in [6.07, 6.45) is 6.85. The molecule has 1 fully saturated rings. The number of anilines is 1. The maximum Gasteiger partial charge on any atom is 0.143 e. The molecule has 0 radical (unpaired) electrons. The summed E-state index contributed by atoms with van der Waals surface area (Å²) in [5.74, 6) is 0.927. The molecule has 1 aliphatic rings. The van der Waals surface area contributed by atoms with Crippen molar-refractivity contribution in [1.82, 2.24) is 20.3 Å². The van der Waals surface area contributed by atoms with E-state index in [1.54, 1.807) is 13.4 Å². The fourth-order valence-electron chi connectivity index (χ4n) is 2.71. The van der Waals surface area contributed by atoms with Crippen LogP contribution < -0.4 is 10.6 Å². The van der Waals surface area contributed by atoms with Crippen LogP contribution >= 0.6 is 0 Å². The average molecular weight is 275 g/mol. The number of rotatable bonds is 5. The number of H-pyrrole nitrogens is 1. The van der Waals surface area contributed by atoms with E-state index in [0.29, 0.717) is 12.6 Å². The summed E-state index contributed by atoms with van der Waals surface area (Å²) in [5, 5.41) is 8.06. The van der Waals surface area contributed by atoms with Crippen molar-refractivity contribution < 1.29 is 4.74 Å². The van der Waals surface area contributed by atoms with Gasteiger partial charge in [-0.05, 0) is 31.4 Å². The summed E-state index contributed by atoms with van der Waals surface area (Å²) < 4.78 is 5.17. The van der Waals surface area contributed by atoms with E-state index in [4.69, 9.17) is 4.74 Å². The Morgan fingerprint density at radius 3 is 3.20 bits per heavy atom. The van der Waals surface area contributed by atoms with Gasteiger partial charge < -0.3 is 20.4 Å². The van der Waals surface area contributed by atoms with E-state index >= 15 is 0 Å². The Morgan fingerprint density at radius 1 is 1.45 bits per heavy atom. The third-order valence-electron chi connectivity index (χ3n) is 3.76. The molecular formula is C14H21N5O. The van der Waals surface area contributed by atoms with Crippen LogP contribution in [0.2, 0.25) is 0 Å². The first-order valence-electron chi connectivity index (χ1n) is 7.15. The fraction of sp³-hybridized carbons (Fsp3) is 0.571. The molecule has 6 heteroatoms. The average Bonchev–Trinajstić information content (AvgIpc) is 2.90. The Labute approximate surface area is 118 Å². The SMILES string of the molecule is COCCc1c[nH]c2ncnc(N[C@@H]3CCCNC3)c12. The fourth-order valence-corrected chi connectivity index (χ4v) is 2.71. The highest BCUT2D eigenvalue weighted by Gasteiger charge is 2.16. The summed E-state index contributed by atoms with van der Waals surface area (Å²) in [6, 6.07) is 0.437. The van der Waals surface area contributed by atoms with E-state index in [-0.39, 0.29) is 0 Å². The van der Waals surface area contributed by atoms with Crippen molar-refractivity contribution >= 4 is 16.9 Å². The summed E-state index contributed by atoms with van der Waals surface area (Å²) in [4.78, 5) is 11.9. The molecule has 0 saturated carbocycles. The van der Waals surface area contributed by atoms with Crippen LogP contribution in [0.3, 0.4) is 0 Å². The highest BCUT2D eigenvalue weighted by atomic mass is 16.5. The van der Waals surface area contributed by atoms with Gasteiger partial charge in [-0.1, -0.05) is 0 Å². The van der Waals surface area contributed by atoms with Gasteiger partial charge in [0.25, 0.3) is 0 Å². The zero-order valence-corrected chi connectivity index (χ0v) is 11.8. The molecule has 1 atom stereocenters. The van der Waals surface area contributed by atoms with Gasteiger partial charge in [0, 0.05) is 25.9 Å². The van der Waals surface area contributed by atoms with Gasteiger partial charge in [0.05, 0.1) is 12.0 Å². The normalized spacial score (nSPS) is 19.4. The molecule has 3 rings (SSSR count). The second kappa shape index (κ2) is 6.19. The zero-order valence-electron chi connectivity index (χ0n) is 11.8. The molecule has 2 aromatic heterocycles. The molecule has 6 nitrogen and oxygen atoms in total. The molecule has 3 heterocycles. The first-order chi connectivity index (χ1) is 9.88. The van der Waals surface area contributed by atoms with Gasteiger partial charge in [0.2, 0.25) is 0 Å². The van der Waals surface area contributed by atoms with E-state index in [0.717, 1.165) is 36.4 Å². The molecule has 0 amide bonds. The Bertz CT molecular complexity index is 562. The molecule has 1 saturated heterocycles. The lowest BCUT2D eigenvalue weighted by atomic mass is 10.1. The number of nitrogens with one attached hydrogen (secondary N) is 3. The van der Waals surface area contributed by atoms with Gasteiger partial charge in [0.15, 0.2) is 0 Å². The van der Waals surface area contributed by atoms with Crippen molar-refractivity contribution in [2.75, 3.05) is 32.1 Å². The second-order valence-electron chi connectivity index (χ2n) is 5.19. The van der Waals surface area contributed by atoms with Crippen LogP contribution in [0, 0.1) is 0 Å². The van der Waals surface area contributed by atoms with E-state index < -0.39 is 0 Å². The van der Waals surface area contributed by atoms with Crippen molar-refractivity contribution in [2.24, 2.45) is 0 Å². The Balaban J connectivity index is 1.86. The molecule has 108 valence electrons. The van der Waals surface area contributed by atoms with E-state index in [9.17, 15) is 0 Å². The van der Waals surface area contributed by atoms with Crippen molar-refractivity contribution in [3.8, 4) is 0 Å². The number of aromatic amines is 1. The standard InChI is InChI=1S/C14H21N5O/c1-20-6-4-10-7-16-13-12(10)14(18-9-17-13)19-11-3-2-5-15-8-11/h7,9,11,15H,2-6,8H2,1H3,(H2,16,17,18,19)/t11-/m1/s1. The van der Waals surface area contributed by atoms with Crippen molar-refractivity contribution in [3.63, 3.8) is 0 Å². The van der Waals surface area contributed by atoms with E-state index in [1.807, 2.05) is 6.20 Å². The lowest BCUT2D eigenvalue weighted by Crippen LogP contribution is -2.38. The van der Waals surface area contributed by atoms with Crippen molar-refractivity contribution in [3.05, 3.63) is 18.1 Å². The number of methoxy groups -OCH3 is 1. The Hall–Kier alpha value is -1.66. The topological polar surface area (TPSA) is 74.9 Å². The minimum Gasteiger partial charge on any atom is -0.384 e. The first kappa shape index (κ1) is 13.3. The first-order valence-corrected chi connectivity index (χ1v) is 7.15. The van der Waals surface area contributed by atoms with Crippen LogP contribution in [0.15, 0.2) is 12.5 Å². The minimum atomic E-state index is 0.437. The number of ether oxygens (including phenoxy) is 1. The smallest absolute Gasteiger partial charge is 0.143 e. The lowest BCUT2D eigenvalue weighted by molar-refractivity contribution is 0.202. The van der Waals surface area contributed by atoms with Gasteiger partial charge in [-0.15, -0.1) is 0 Å². The van der Waals surface area contributed by atoms with Gasteiger partial charge in [0.1, 0.15) is 17.8 Å². The van der Waals surface area contributed by atoms with Gasteiger partial charge in [-0.3, -0.25) is 0 Å². The van der Waals surface area contributed by atoms with Crippen LogP contribution in [0.5, 0.6) is 0 Å². The molecule has 20 heavy (non-hydrogen) atoms. The van der Waals surface area contributed by atoms with Crippen LogP contribution in [0.25, 0.3) is 11.0 Å². The molecule has 2 aromatic rings. The van der Waals surface area contributed by atoms with Crippen LogP contribution in [-0.2, 0) is 11.2 Å². The van der Waals surface area contributed by atoms with Crippen LogP contribution in [-0.4, -0.2) is 47.8 Å². The maximum absolute atomic E-state index is 5.17. The predicted molar refractivity (Wildman–Crippen MR) is 79.0 cm³/mol. The lowest BCUT2D eigenvalue weighted by Gasteiger charge is -2.24. The number of piperidine rings is 1. The number of aromatic nitrogens is 3. The molecule has 0 unspecified atom stereocenters. The quantitative estimate of drug-likeness (QED) is 0.767. The molecule has 0 bridgehead atoms. The molecule has 0 aliphatic carbocycles. The van der Waals surface area contributed by atoms with Crippen LogP contribution in [0.1, 0.15) is 18.4 Å².